The summed E-state index contributed by atoms with van der Waals surface area (Å²) >= 11 is 0. The van der Waals surface area contributed by atoms with E-state index in [2.05, 4.69) is 39.4 Å². The van der Waals surface area contributed by atoms with Gasteiger partial charge in [0.2, 0.25) is 0 Å². The maximum absolute atomic E-state index is 5.48. The highest BCUT2D eigenvalue weighted by molar-refractivity contribution is 5.27. The lowest BCUT2D eigenvalue weighted by Crippen LogP contribution is -2.61. The first-order valence-corrected chi connectivity index (χ1v) is 7.74. The molecule has 0 saturated carbocycles. The van der Waals surface area contributed by atoms with Crippen LogP contribution < -0.4 is 10.1 Å². The second-order valence-corrected chi connectivity index (χ2v) is 5.70. The van der Waals surface area contributed by atoms with Gasteiger partial charge in [-0.25, -0.2) is 0 Å². The van der Waals surface area contributed by atoms with Crippen LogP contribution in [0.2, 0.25) is 0 Å². The Hall–Kier alpha value is -1.10. The van der Waals surface area contributed by atoms with E-state index in [1.165, 1.54) is 44.8 Å². The summed E-state index contributed by atoms with van der Waals surface area (Å²) in [5.41, 5.74) is 1.38. The maximum atomic E-state index is 5.48. The van der Waals surface area contributed by atoms with Gasteiger partial charge in [-0.05, 0) is 24.6 Å². The summed E-state index contributed by atoms with van der Waals surface area (Å²) in [5, 5.41) is 3.36. The molecule has 2 aliphatic heterocycles. The van der Waals surface area contributed by atoms with Crippen LogP contribution in [0.15, 0.2) is 24.3 Å². The minimum atomic E-state index is 0.733. The zero-order valence-corrected chi connectivity index (χ0v) is 12.3. The molecule has 0 aromatic heterocycles. The van der Waals surface area contributed by atoms with Gasteiger partial charge in [-0.1, -0.05) is 12.1 Å². The highest BCUT2D eigenvalue weighted by Crippen LogP contribution is 2.15. The standard InChI is InChI=1S/C16H25N3O/c1-2-20-16-5-3-14(4-6-16)13-18-7-9-19(10-8-18)15-11-17-12-15/h3-6,15,17H,2,7-13H2,1H3. The molecule has 1 aromatic rings. The normalized spacial score (nSPS) is 21.6. The summed E-state index contributed by atoms with van der Waals surface area (Å²) in [7, 11) is 0. The molecule has 2 saturated heterocycles. The topological polar surface area (TPSA) is 27.7 Å². The minimum Gasteiger partial charge on any atom is -0.494 e. The monoisotopic (exact) mass is 275 g/mol. The number of nitrogens with zero attached hydrogens (tertiary/aromatic N) is 2. The summed E-state index contributed by atoms with van der Waals surface area (Å²) in [4.78, 5) is 5.18. The highest BCUT2D eigenvalue weighted by Gasteiger charge is 2.27. The number of benzene rings is 1. The summed E-state index contributed by atoms with van der Waals surface area (Å²) in [6.07, 6.45) is 0. The molecule has 3 rings (SSSR count). The van der Waals surface area contributed by atoms with Gasteiger partial charge < -0.3 is 10.1 Å². The van der Waals surface area contributed by atoms with Gasteiger partial charge >= 0.3 is 0 Å². The van der Waals surface area contributed by atoms with Crippen LogP contribution in [0.4, 0.5) is 0 Å². The van der Waals surface area contributed by atoms with Gasteiger partial charge in [-0.3, -0.25) is 9.80 Å². The van der Waals surface area contributed by atoms with Gasteiger partial charge in [-0.15, -0.1) is 0 Å². The van der Waals surface area contributed by atoms with Crippen molar-refractivity contribution in [1.82, 2.24) is 15.1 Å². The lowest BCUT2D eigenvalue weighted by molar-refractivity contribution is 0.0695. The summed E-state index contributed by atoms with van der Waals surface area (Å²) in [6, 6.07) is 9.33. The lowest BCUT2D eigenvalue weighted by atomic mass is 10.1. The first-order valence-electron chi connectivity index (χ1n) is 7.74. The van der Waals surface area contributed by atoms with E-state index in [4.69, 9.17) is 4.74 Å². The van der Waals surface area contributed by atoms with Crippen LogP contribution in [-0.2, 0) is 6.54 Å². The van der Waals surface area contributed by atoms with Gasteiger partial charge in [0.15, 0.2) is 0 Å². The molecule has 0 spiro atoms. The second-order valence-electron chi connectivity index (χ2n) is 5.70. The average molecular weight is 275 g/mol. The van der Waals surface area contributed by atoms with Crippen LogP contribution in [0.3, 0.4) is 0 Å². The maximum Gasteiger partial charge on any atom is 0.119 e. The Morgan fingerprint density at radius 2 is 1.80 bits per heavy atom. The third-order valence-electron chi connectivity index (χ3n) is 4.32. The molecule has 2 fully saturated rings. The van der Waals surface area contributed by atoms with Crippen LogP contribution in [0.5, 0.6) is 5.75 Å². The molecule has 2 heterocycles. The summed E-state index contributed by atoms with van der Waals surface area (Å²) < 4.78 is 5.48. The Morgan fingerprint density at radius 1 is 1.10 bits per heavy atom. The highest BCUT2D eigenvalue weighted by atomic mass is 16.5. The van der Waals surface area contributed by atoms with E-state index < -0.39 is 0 Å². The van der Waals surface area contributed by atoms with Crippen LogP contribution in [-0.4, -0.2) is 61.7 Å². The smallest absolute Gasteiger partial charge is 0.119 e. The molecular weight excluding hydrogens is 250 g/mol. The van der Waals surface area contributed by atoms with Gasteiger partial charge in [0, 0.05) is 51.9 Å². The van der Waals surface area contributed by atoms with E-state index >= 15 is 0 Å². The van der Waals surface area contributed by atoms with Crippen molar-refractivity contribution in [3.63, 3.8) is 0 Å². The molecular formula is C16H25N3O. The van der Waals surface area contributed by atoms with Crippen molar-refractivity contribution in [2.75, 3.05) is 45.9 Å². The Kier molecular flexibility index (Phi) is 4.55. The van der Waals surface area contributed by atoms with E-state index in [0.29, 0.717) is 0 Å². The van der Waals surface area contributed by atoms with Crippen LogP contribution in [0.25, 0.3) is 0 Å². The zero-order chi connectivity index (χ0) is 13.8. The zero-order valence-electron chi connectivity index (χ0n) is 12.3. The Labute approximate surface area is 121 Å². The molecule has 0 aliphatic carbocycles. The predicted octanol–water partition coefficient (Wildman–Crippen LogP) is 1.17. The number of hydrogen-bond acceptors (Lipinski definition) is 4. The molecule has 2 aliphatic rings. The Bertz CT molecular complexity index is 408. The molecule has 4 nitrogen and oxygen atoms in total. The van der Waals surface area contributed by atoms with Gasteiger partial charge in [0.05, 0.1) is 6.61 Å². The first kappa shape index (κ1) is 13.9. The molecule has 0 bridgehead atoms. The van der Waals surface area contributed by atoms with Gasteiger partial charge in [0.1, 0.15) is 5.75 Å². The molecule has 1 N–H and O–H groups in total. The lowest BCUT2D eigenvalue weighted by Gasteiger charge is -2.43. The molecule has 4 heteroatoms. The fourth-order valence-electron chi connectivity index (χ4n) is 2.93. The Balaban J connectivity index is 1.46. The third-order valence-corrected chi connectivity index (χ3v) is 4.32. The SMILES string of the molecule is CCOc1ccc(CN2CCN(C3CNC3)CC2)cc1. The van der Waals surface area contributed by atoms with Gasteiger partial charge in [-0.2, -0.15) is 0 Å². The molecule has 0 unspecified atom stereocenters. The molecule has 0 atom stereocenters. The fourth-order valence-corrected chi connectivity index (χ4v) is 2.93. The summed E-state index contributed by atoms with van der Waals surface area (Å²) in [6.45, 7) is 11.0. The van der Waals surface area contributed by atoms with Crippen molar-refractivity contribution in [2.45, 2.75) is 19.5 Å². The number of rotatable bonds is 5. The van der Waals surface area contributed by atoms with Crippen molar-refractivity contribution in [3.05, 3.63) is 29.8 Å². The van der Waals surface area contributed by atoms with E-state index in [1.54, 1.807) is 0 Å². The van der Waals surface area contributed by atoms with E-state index in [9.17, 15) is 0 Å². The summed E-state index contributed by atoms with van der Waals surface area (Å²) in [5.74, 6) is 0.971. The van der Waals surface area contributed by atoms with E-state index in [-0.39, 0.29) is 0 Å². The predicted molar refractivity (Wildman–Crippen MR) is 81.1 cm³/mol. The number of hydrogen-bond donors (Lipinski definition) is 1. The fraction of sp³-hybridized carbons (Fsp3) is 0.625. The van der Waals surface area contributed by atoms with Crippen molar-refractivity contribution >= 4 is 0 Å². The van der Waals surface area contributed by atoms with E-state index in [0.717, 1.165) is 24.9 Å². The average Bonchev–Trinajstić information content (AvgIpc) is 2.42. The van der Waals surface area contributed by atoms with Crippen molar-refractivity contribution in [3.8, 4) is 5.75 Å². The Morgan fingerprint density at radius 3 is 2.35 bits per heavy atom. The molecule has 20 heavy (non-hydrogen) atoms. The molecule has 0 amide bonds. The van der Waals surface area contributed by atoms with Crippen molar-refractivity contribution in [1.29, 1.82) is 0 Å². The number of nitrogens with one attached hydrogen (secondary N) is 1. The molecule has 110 valence electrons. The number of piperazine rings is 1. The quantitative estimate of drug-likeness (QED) is 0.873. The largest absolute Gasteiger partial charge is 0.494 e. The van der Waals surface area contributed by atoms with Crippen LogP contribution in [0.1, 0.15) is 12.5 Å². The third kappa shape index (κ3) is 3.32. The first-order chi connectivity index (χ1) is 9.85. The molecule has 0 radical (unpaired) electrons. The van der Waals surface area contributed by atoms with Crippen molar-refractivity contribution in [2.24, 2.45) is 0 Å². The molecule has 1 aromatic carbocycles. The van der Waals surface area contributed by atoms with E-state index in [1.807, 2.05) is 6.92 Å². The van der Waals surface area contributed by atoms with Crippen molar-refractivity contribution < 1.29 is 4.74 Å². The number of ether oxygens (including phenoxy) is 1. The van der Waals surface area contributed by atoms with Gasteiger partial charge in [0.25, 0.3) is 0 Å². The second kappa shape index (κ2) is 6.57. The van der Waals surface area contributed by atoms with Crippen LogP contribution in [0, 0.1) is 0 Å². The van der Waals surface area contributed by atoms with Crippen LogP contribution >= 0.6 is 0 Å². The minimum absolute atomic E-state index is 0.733.